The number of aliphatic imine (C=N–C) groups is 1. The molecule has 5 N–H and O–H groups in total. The largest absolute Gasteiger partial charge is 0.449 e. The molecule has 0 spiro atoms. The number of nitrogens with one attached hydrogen (secondary N) is 2. The van der Waals surface area contributed by atoms with Crippen molar-refractivity contribution in [2.24, 2.45) is 10.7 Å². The smallest absolute Gasteiger partial charge is 0.407 e. The first-order valence-electron chi connectivity index (χ1n) is 8.59. The lowest BCUT2D eigenvalue weighted by Crippen LogP contribution is -2.36. The molecule has 0 saturated carbocycles. The minimum atomic E-state index is -0.560. The van der Waals surface area contributed by atoms with Crippen LogP contribution in [-0.4, -0.2) is 54.9 Å². The fourth-order valence-corrected chi connectivity index (χ4v) is 2.85. The van der Waals surface area contributed by atoms with Gasteiger partial charge in [0.05, 0.1) is 17.9 Å². The zero-order chi connectivity index (χ0) is 18.9. The normalized spacial score (nSPS) is 17.0. The van der Waals surface area contributed by atoms with Gasteiger partial charge in [0.1, 0.15) is 6.61 Å². The van der Waals surface area contributed by atoms with Gasteiger partial charge >= 0.3 is 6.09 Å². The summed E-state index contributed by atoms with van der Waals surface area (Å²) in [4.78, 5) is 31.9. The predicted molar refractivity (Wildman–Crippen MR) is 96.0 cm³/mol. The van der Waals surface area contributed by atoms with Crippen LogP contribution in [0.15, 0.2) is 17.3 Å². The van der Waals surface area contributed by atoms with E-state index in [4.69, 9.17) is 15.6 Å². The number of ether oxygens (including phenoxy) is 1. The molecule has 1 aliphatic rings. The van der Waals surface area contributed by atoms with Gasteiger partial charge in [-0.2, -0.15) is 0 Å². The van der Waals surface area contributed by atoms with Gasteiger partial charge in [-0.25, -0.2) is 4.79 Å². The molecule has 2 rings (SSSR count). The average Bonchev–Trinajstić information content (AvgIpc) is 2.85. The first-order chi connectivity index (χ1) is 12.5. The third-order valence-electron chi connectivity index (χ3n) is 4.18. The maximum atomic E-state index is 12.2. The average molecular weight is 363 g/mol. The van der Waals surface area contributed by atoms with Crippen molar-refractivity contribution in [3.8, 4) is 0 Å². The lowest BCUT2D eigenvalue weighted by Gasteiger charge is -2.17. The number of aliphatic hydroxyl groups excluding tert-OH is 1. The van der Waals surface area contributed by atoms with Crippen LogP contribution >= 0.6 is 0 Å². The summed E-state index contributed by atoms with van der Waals surface area (Å²) in [7, 11) is 1.49. The molecule has 0 bridgehead atoms. The first-order valence-corrected chi connectivity index (χ1v) is 8.59. The number of hydrogen-bond acceptors (Lipinski definition) is 6. The number of amides is 2. The molecule has 1 atom stereocenters. The molecule has 9 heteroatoms. The van der Waals surface area contributed by atoms with Gasteiger partial charge in [0.25, 0.3) is 5.91 Å². The number of aromatic nitrogens is 1. The first kappa shape index (κ1) is 19.6. The lowest BCUT2D eigenvalue weighted by atomic mass is 9.98. The Bertz CT molecular complexity index is 677. The number of carbonyl (C=O) groups excluding carboxylic acids is 2. The van der Waals surface area contributed by atoms with Gasteiger partial charge in [-0.15, -0.1) is 0 Å². The second-order valence-electron chi connectivity index (χ2n) is 6.02. The molecule has 0 aromatic carbocycles. The van der Waals surface area contributed by atoms with E-state index in [1.165, 1.54) is 13.2 Å². The van der Waals surface area contributed by atoms with Gasteiger partial charge in [-0.05, 0) is 30.9 Å². The second-order valence-corrected chi connectivity index (χ2v) is 6.02. The summed E-state index contributed by atoms with van der Waals surface area (Å²) >= 11 is 0. The van der Waals surface area contributed by atoms with Crippen LogP contribution in [0.25, 0.3) is 0 Å². The van der Waals surface area contributed by atoms with Crippen molar-refractivity contribution in [1.82, 2.24) is 15.6 Å². The summed E-state index contributed by atoms with van der Waals surface area (Å²) in [6.45, 7) is 0.222. The third kappa shape index (κ3) is 5.41. The molecule has 142 valence electrons. The topological polar surface area (TPSA) is 139 Å². The highest BCUT2D eigenvalue weighted by atomic mass is 16.5. The van der Waals surface area contributed by atoms with Gasteiger partial charge < -0.3 is 20.9 Å². The van der Waals surface area contributed by atoms with Crippen LogP contribution in [0.4, 0.5) is 4.79 Å². The third-order valence-corrected chi connectivity index (χ3v) is 4.18. The number of fused-ring (bicyclic) bond motifs is 1. The standard InChI is InChI=1S/C17H25N5O4/c1-19-16(18)22-15(24)13-8-11-4-2-3-5-12(14(11)21-9-13)10-26-17(25)20-6-7-23/h8-9,12,23H,2-7,10H2,1H3,(H,20,25)(H3,18,19,22,24). The zero-order valence-electron chi connectivity index (χ0n) is 14.8. The summed E-state index contributed by atoms with van der Waals surface area (Å²) in [5, 5.41) is 13.7. The van der Waals surface area contributed by atoms with E-state index in [1.54, 1.807) is 0 Å². The maximum Gasteiger partial charge on any atom is 0.407 e. The Hall–Kier alpha value is -2.68. The number of pyridine rings is 1. The number of nitrogens with two attached hydrogens (primary N) is 1. The molecule has 1 aliphatic carbocycles. The van der Waals surface area contributed by atoms with E-state index in [2.05, 4.69) is 20.6 Å². The summed E-state index contributed by atoms with van der Waals surface area (Å²) in [5.41, 5.74) is 7.77. The Kier molecular flexibility index (Phi) is 7.34. The van der Waals surface area contributed by atoms with Crippen LogP contribution in [0.3, 0.4) is 0 Å². The van der Waals surface area contributed by atoms with Crippen LogP contribution in [-0.2, 0) is 11.2 Å². The van der Waals surface area contributed by atoms with E-state index in [-0.39, 0.29) is 37.5 Å². The summed E-state index contributed by atoms with van der Waals surface area (Å²) < 4.78 is 5.23. The molecule has 1 unspecified atom stereocenters. The van der Waals surface area contributed by atoms with Crippen LogP contribution in [0.5, 0.6) is 0 Å². The molecule has 0 radical (unpaired) electrons. The quantitative estimate of drug-likeness (QED) is 0.337. The number of alkyl carbamates (subject to hydrolysis) is 1. The Morgan fingerprint density at radius 3 is 3.00 bits per heavy atom. The molecule has 0 saturated heterocycles. The number of aryl methyl sites for hydroxylation is 1. The van der Waals surface area contributed by atoms with Gasteiger partial charge in [0, 0.05) is 25.7 Å². The molecule has 1 heterocycles. The molecule has 2 amide bonds. The number of nitrogens with zero attached hydrogens (tertiary/aromatic N) is 2. The van der Waals surface area contributed by atoms with E-state index in [0.29, 0.717) is 5.56 Å². The van der Waals surface area contributed by atoms with Crippen molar-refractivity contribution < 1.29 is 19.4 Å². The molecule has 1 aromatic heterocycles. The van der Waals surface area contributed by atoms with Crippen LogP contribution in [0, 0.1) is 0 Å². The Labute approximate surface area is 152 Å². The highest BCUT2D eigenvalue weighted by Crippen LogP contribution is 2.29. The van der Waals surface area contributed by atoms with Gasteiger partial charge in [-0.3, -0.25) is 20.1 Å². The number of guanidine groups is 1. The van der Waals surface area contributed by atoms with E-state index >= 15 is 0 Å². The predicted octanol–water partition coefficient (Wildman–Crippen LogP) is 0.284. The number of aliphatic hydroxyl groups is 1. The summed E-state index contributed by atoms with van der Waals surface area (Å²) in [5.74, 6) is -0.333. The molecule has 0 fully saturated rings. The van der Waals surface area contributed by atoms with Crippen molar-refractivity contribution in [3.63, 3.8) is 0 Å². The SMILES string of the molecule is CN=C(N)NC(=O)c1cnc2c(c1)CCCCC2COC(=O)NCCO. The van der Waals surface area contributed by atoms with Gasteiger partial charge in [-0.1, -0.05) is 6.42 Å². The van der Waals surface area contributed by atoms with Crippen molar-refractivity contribution in [1.29, 1.82) is 0 Å². The minimum absolute atomic E-state index is 0.0215. The zero-order valence-corrected chi connectivity index (χ0v) is 14.8. The van der Waals surface area contributed by atoms with Gasteiger partial charge in [0.2, 0.25) is 0 Å². The Morgan fingerprint density at radius 1 is 1.46 bits per heavy atom. The van der Waals surface area contributed by atoms with E-state index in [9.17, 15) is 9.59 Å². The van der Waals surface area contributed by atoms with Crippen LogP contribution in [0.2, 0.25) is 0 Å². The molecule has 0 aliphatic heterocycles. The van der Waals surface area contributed by atoms with Crippen molar-refractivity contribution >= 4 is 18.0 Å². The molecular weight excluding hydrogens is 338 g/mol. The van der Waals surface area contributed by atoms with E-state index < -0.39 is 6.09 Å². The number of rotatable bonds is 5. The van der Waals surface area contributed by atoms with Gasteiger partial charge in [0.15, 0.2) is 5.96 Å². The van der Waals surface area contributed by atoms with E-state index in [1.807, 2.05) is 6.07 Å². The maximum absolute atomic E-state index is 12.2. The van der Waals surface area contributed by atoms with Crippen molar-refractivity contribution in [3.05, 3.63) is 29.1 Å². The molecular formula is C17H25N5O4. The minimum Gasteiger partial charge on any atom is -0.449 e. The second kappa shape index (κ2) is 9.71. The lowest BCUT2D eigenvalue weighted by molar-refractivity contribution is 0.0976. The van der Waals surface area contributed by atoms with E-state index in [0.717, 1.165) is 36.9 Å². The van der Waals surface area contributed by atoms with Crippen LogP contribution in [0.1, 0.15) is 46.8 Å². The number of carbonyl (C=O) groups is 2. The highest BCUT2D eigenvalue weighted by Gasteiger charge is 2.23. The highest BCUT2D eigenvalue weighted by molar-refractivity contribution is 6.05. The van der Waals surface area contributed by atoms with Crippen molar-refractivity contribution in [2.45, 2.75) is 31.6 Å². The summed E-state index contributed by atoms with van der Waals surface area (Å²) in [6.07, 6.45) is 4.57. The fraction of sp³-hybridized carbons (Fsp3) is 0.529. The molecule has 1 aromatic rings. The van der Waals surface area contributed by atoms with Crippen molar-refractivity contribution in [2.75, 3.05) is 26.8 Å². The molecule has 26 heavy (non-hydrogen) atoms. The molecule has 9 nitrogen and oxygen atoms in total. The summed E-state index contributed by atoms with van der Waals surface area (Å²) in [6, 6.07) is 1.81. The monoisotopic (exact) mass is 363 g/mol. The Morgan fingerprint density at radius 2 is 2.27 bits per heavy atom. The fourth-order valence-electron chi connectivity index (χ4n) is 2.85. The Balaban J connectivity index is 2.10. The number of hydrogen-bond donors (Lipinski definition) is 4. The van der Waals surface area contributed by atoms with Crippen LogP contribution < -0.4 is 16.4 Å².